The quantitative estimate of drug-likeness (QED) is 0.787. The van der Waals surface area contributed by atoms with Gasteiger partial charge in [0, 0.05) is 11.9 Å². The highest BCUT2D eigenvalue weighted by atomic mass is 32.1. The van der Waals surface area contributed by atoms with Gasteiger partial charge in [-0.3, -0.25) is 4.79 Å². The molecule has 0 aromatic carbocycles. The topological polar surface area (TPSA) is 68.3 Å². The molecule has 2 rings (SSSR count). The summed E-state index contributed by atoms with van der Waals surface area (Å²) in [7, 11) is 0. The number of thiazole rings is 1. The summed E-state index contributed by atoms with van der Waals surface area (Å²) in [5.74, 6) is -0.339. The highest BCUT2D eigenvalue weighted by Gasteiger charge is 2.15. The van der Waals surface area contributed by atoms with Crippen molar-refractivity contribution in [2.75, 3.05) is 13.2 Å². The summed E-state index contributed by atoms with van der Waals surface area (Å²) in [6, 6.07) is 3.88. The van der Waals surface area contributed by atoms with Crippen molar-refractivity contribution >= 4 is 34.6 Å². The Bertz CT molecular complexity index is 621. The van der Waals surface area contributed by atoms with Crippen LogP contribution in [0.15, 0.2) is 22.9 Å². The van der Waals surface area contributed by atoms with E-state index < -0.39 is 5.97 Å². The van der Waals surface area contributed by atoms with Crippen LogP contribution in [0, 0.1) is 5.92 Å². The molecule has 0 aliphatic heterocycles. The van der Waals surface area contributed by atoms with Gasteiger partial charge in [-0.25, -0.2) is 9.78 Å². The minimum absolute atomic E-state index is 0.239. The third-order valence-corrected chi connectivity index (χ3v) is 4.70. The zero-order chi connectivity index (χ0) is 15.9. The number of nitrogens with zero attached hydrogens (tertiary/aromatic N) is 1. The summed E-state index contributed by atoms with van der Waals surface area (Å²) in [4.78, 5) is 28.7. The van der Waals surface area contributed by atoms with Gasteiger partial charge in [0.2, 0.25) is 0 Å². The molecule has 1 N–H and O–H groups in total. The van der Waals surface area contributed by atoms with Crippen molar-refractivity contribution in [3.63, 3.8) is 0 Å². The third-order valence-electron chi connectivity index (χ3n) is 2.82. The molecule has 0 bridgehead atoms. The average molecular weight is 338 g/mol. The molecule has 0 aliphatic rings. The van der Waals surface area contributed by atoms with Crippen molar-refractivity contribution in [2.45, 2.75) is 20.3 Å². The zero-order valence-corrected chi connectivity index (χ0v) is 14.1. The van der Waals surface area contributed by atoms with Crippen molar-refractivity contribution in [3.05, 3.63) is 28.6 Å². The third kappa shape index (κ3) is 4.92. The molecule has 118 valence electrons. The Balaban J connectivity index is 1.79. The van der Waals surface area contributed by atoms with Crippen LogP contribution in [-0.2, 0) is 9.53 Å². The van der Waals surface area contributed by atoms with Crippen LogP contribution in [0.4, 0.5) is 0 Å². The van der Waals surface area contributed by atoms with Gasteiger partial charge >= 0.3 is 5.97 Å². The van der Waals surface area contributed by atoms with Crippen molar-refractivity contribution in [3.8, 4) is 9.88 Å². The van der Waals surface area contributed by atoms with Gasteiger partial charge in [0.25, 0.3) is 5.91 Å². The van der Waals surface area contributed by atoms with E-state index >= 15 is 0 Å². The number of esters is 1. The first-order chi connectivity index (χ1) is 10.6. The summed E-state index contributed by atoms with van der Waals surface area (Å²) in [6.07, 6.45) is 0.899. The van der Waals surface area contributed by atoms with Gasteiger partial charge < -0.3 is 10.1 Å². The monoisotopic (exact) mass is 338 g/mol. The molecule has 0 fully saturated rings. The van der Waals surface area contributed by atoms with Crippen molar-refractivity contribution in [1.29, 1.82) is 0 Å². The number of amides is 1. The standard InChI is InChI=1S/C15H18N2O3S2/c1-10(2)5-6-16-13(18)8-20-15(19)11-9-22-14(17-11)12-4-3-7-21-12/h3-4,7,9-10H,5-6,8H2,1-2H3,(H,16,18). The second kappa shape index (κ2) is 8.05. The largest absolute Gasteiger partial charge is 0.451 e. The molecule has 0 unspecified atom stereocenters. The van der Waals surface area contributed by atoms with Crippen LogP contribution in [-0.4, -0.2) is 30.0 Å². The molecule has 2 aromatic rings. The molecule has 5 nitrogen and oxygen atoms in total. The summed E-state index contributed by atoms with van der Waals surface area (Å²) in [5, 5.41) is 7.10. The molecule has 0 spiro atoms. The molecular weight excluding hydrogens is 320 g/mol. The van der Waals surface area contributed by atoms with Gasteiger partial charge in [-0.05, 0) is 23.8 Å². The Morgan fingerprint density at radius 1 is 1.36 bits per heavy atom. The van der Waals surface area contributed by atoms with E-state index in [0.29, 0.717) is 12.5 Å². The number of hydrogen-bond donors (Lipinski definition) is 1. The molecular formula is C15H18N2O3S2. The van der Waals surface area contributed by atoms with E-state index in [2.05, 4.69) is 24.1 Å². The first-order valence-corrected chi connectivity index (χ1v) is 8.75. The number of thiophene rings is 1. The van der Waals surface area contributed by atoms with Gasteiger partial charge in [0.15, 0.2) is 12.3 Å². The summed E-state index contributed by atoms with van der Waals surface area (Å²) in [5.41, 5.74) is 0.239. The fourth-order valence-electron chi connectivity index (χ4n) is 1.64. The molecule has 2 aromatic heterocycles. The zero-order valence-electron chi connectivity index (χ0n) is 12.5. The van der Waals surface area contributed by atoms with E-state index in [0.717, 1.165) is 16.3 Å². The van der Waals surface area contributed by atoms with Gasteiger partial charge in [0.1, 0.15) is 5.01 Å². The second-order valence-electron chi connectivity index (χ2n) is 5.12. The number of carbonyl (C=O) groups excluding carboxylic acids is 2. The van der Waals surface area contributed by atoms with E-state index in [-0.39, 0.29) is 18.2 Å². The predicted molar refractivity (Wildman–Crippen MR) is 88.2 cm³/mol. The van der Waals surface area contributed by atoms with Crippen LogP contribution in [0.5, 0.6) is 0 Å². The fraction of sp³-hybridized carbons (Fsp3) is 0.400. The Labute approximate surface area is 137 Å². The lowest BCUT2D eigenvalue weighted by Crippen LogP contribution is -2.30. The van der Waals surface area contributed by atoms with Gasteiger partial charge in [-0.15, -0.1) is 22.7 Å². The van der Waals surface area contributed by atoms with E-state index in [9.17, 15) is 9.59 Å². The van der Waals surface area contributed by atoms with E-state index in [1.165, 1.54) is 11.3 Å². The highest BCUT2D eigenvalue weighted by Crippen LogP contribution is 2.27. The lowest BCUT2D eigenvalue weighted by molar-refractivity contribution is -0.124. The smallest absolute Gasteiger partial charge is 0.358 e. The number of rotatable bonds is 7. The van der Waals surface area contributed by atoms with Gasteiger partial charge in [0.05, 0.1) is 4.88 Å². The van der Waals surface area contributed by atoms with Gasteiger partial charge in [-0.2, -0.15) is 0 Å². The first-order valence-electron chi connectivity index (χ1n) is 6.99. The fourth-order valence-corrected chi connectivity index (χ4v) is 3.24. The average Bonchev–Trinajstić information content (AvgIpc) is 3.14. The molecule has 0 saturated heterocycles. The Hall–Kier alpha value is -1.73. The van der Waals surface area contributed by atoms with Crippen LogP contribution in [0.25, 0.3) is 9.88 Å². The molecule has 0 radical (unpaired) electrons. The van der Waals surface area contributed by atoms with E-state index in [1.54, 1.807) is 16.7 Å². The van der Waals surface area contributed by atoms with Crippen LogP contribution < -0.4 is 5.32 Å². The Morgan fingerprint density at radius 3 is 2.86 bits per heavy atom. The van der Waals surface area contributed by atoms with Crippen molar-refractivity contribution in [2.24, 2.45) is 5.92 Å². The molecule has 7 heteroatoms. The number of aromatic nitrogens is 1. The van der Waals surface area contributed by atoms with E-state index in [4.69, 9.17) is 4.74 Å². The second-order valence-corrected chi connectivity index (χ2v) is 6.93. The lowest BCUT2D eigenvalue weighted by Gasteiger charge is -2.07. The number of hydrogen-bond acceptors (Lipinski definition) is 6. The molecule has 22 heavy (non-hydrogen) atoms. The number of nitrogens with one attached hydrogen (secondary N) is 1. The highest BCUT2D eigenvalue weighted by molar-refractivity contribution is 7.20. The lowest BCUT2D eigenvalue weighted by atomic mass is 10.1. The summed E-state index contributed by atoms with van der Waals surface area (Å²) >= 11 is 2.95. The van der Waals surface area contributed by atoms with Gasteiger partial charge in [-0.1, -0.05) is 19.9 Å². The SMILES string of the molecule is CC(C)CCNC(=O)COC(=O)c1csc(-c2cccs2)n1. The Morgan fingerprint density at radius 2 is 2.18 bits per heavy atom. The summed E-state index contributed by atoms with van der Waals surface area (Å²) < 4.78 is 4.97. The minimum atomic E-state index is -0.571. The minimum Gasteiger partial charge on any atom is -0.451 e. The maximum Gasteiger partial charge on any atom is 0.358 e. The molecule has 2 heterocycles. The van der Waals surface area contributed by atoms with Crippen LogP contribution >= 0.6 is 22.7 Å². The first kappa shape index (κ1) is 16.6. The maximum absolute atomic E-state index is 11.9. The molecule has 0 aliphatic carbocycles. The van der Waals surface area contributed by atoms with Crippen molar-refractivity contribution in [1.82, 2.24) is 10.3 Å². The van der Waals surface area contributed by atoms with Crippen molar-refractivity contribution < 1.29 is 14.3 Å². The van der Waals surface area contributed by atoms with Crippen LogP contribution in [0.1, 0.15) is 30.8 Å². The molecule has 1 amide bonds. The number of carbonyl (C=O) groups is 2. The van der Waals surface area contributed by atoms with Crippen LogP contribution in [0.2, 0.25) is 0 Å². The summed E-state index contributed by atoms with van der Waals surface area (Å²) in [6.45, 7) is 4.48. The number of ether oxygens (including phenoxy) is 1. The Kier molecular flexibility index (Phi) is 6.09. The predicted octanol–water partition coefficient (Wildman–Crippen LogP) is 3.19. The molecule has 0 saturated carbocycles. The maximum atomic E-state index is 11.9. The normalized spacial score (nSPS) is 10.7. The molecule has 0 atom stereocenters. The van der Waals surface area contributed by atoms with E-state index in [1.807, 2.05) is 17.5 Å². The van der Waals surface area contributed by atoms with Crippen LogP contribution in [0.3, 0.4) is 0 Å².